The van der Waals surface area contributed by atoms with Crippen LogP contribution in [-0.2, 0) is 5.75 Å². The molecule has 0 bridgehead atoms. The van der Waals surface area contributed by atoms with Crippen LogP contribution >= 0.6 is 11.8 Å². The zero-order valence-electron chi connectivity index (χ0n) is 13.1. The van der Waals surface area contributed by atoms with Crippen LogP contribution in [-0.4, -0.2) is 17.4 Å². The van der Waals surface area contributed by atoms with Gasteiger partial charge in [-0.25, -0.2) is 4.98 Å². The quantitative estimate of drug-likeness (QED) is 0.687. The van der Waals surface area contributed by atoms with E-state index in [1.54, 1.807) is 12.1 Å². The molecule has 0 radical (unpaired) electrons. The van der Waals surface area contributed by atoms with E-state index < -0.39 is 0 Å². The van der Waals surface area contributed by atoms with Crippen LogP contribution in [0.25, 0.3) is 11.1 Å². The van der Waals surface area contributed by atoms with Gasteiger partial charge in [-0.1, -0.05) is 24.8 Å². The summed E-state index contributed by atoms with van der Waals surface area (Å²) in [6.07, 6.45) is 0.895. The van der Waals surface area contributed by atoms with Crippen LogP contribution in [0.4, 0.5) is 0 Å². The number of nitrogens with zero attached hydrogens (tertiary/aromatic N) is 1. The summed E-state index contributed by atoms with van der Waals surface area (Å²) in [5, 5.41) is 3.38. The molecule has 3 aromatic rings. The maximum atomic E-state index is 11.8. The second-order valence-corrected chi connectivity index (χ2v) is 6.19. The van der Waals surface area contributed by atoms with Gasteiger partial charge in [-0.2, -0.15) is 0 Å². The number of oxazole rings is 1. The maximum absolute atomic E-state index is 11.8. The lowest BCUT2D eigenvalue weighted by Crippen LogP contribution is -2.23. The molecule has 0 atom stereocenters. The van der Waals surface area contributed by atoms with E-state index in [0.717, 1.165) is 28.8 Å². The van der Waals surface area contributed by atoms with E-state index in [0.29, 0.717) is 23.3 Å². The van der Waals surface area contributed by atoms with Gasteiger partial charge in [0.1, 0.15) is 11.3 Å². The Balaban J connectivity index is 1.63. The summed E-state index contributed by atoms with van der Waals surface area (Å²) in [4.78, 5) is 16.2. The largest absolute Gasteiger partial charge is 0.455 e. The van der Waals surface area contributed by atoms with E-state index in [1.165, 1.54) is 11.8 Å². The van der Waals surface area contributed by atoms with E-state index in [1.807, 2.05) is 32.0 Å². The molecule has 3 rings (SSSR count). The highest BCUT2D eigenvalue weighted by Gasteiger charge is 2.12. The molecule has 2 heterocycles. The zero-order valence-corrected chi connectivity index (χ0v) is 13.9. The fraction of sp³-hybridized carbons (Fsp3) is 0.294. The fourth-order valence-electron chi connectivity index (χ4n) is 2.11. The minimum atomic E-state index is -0.180. The summed E-state index contributed by atoms with van der Waals surface area (Å²) in [6.45, 7) is 4.67. The smallest absolute Gasteiger partial charge is 0.286 e. The molecule has 1 N–H and O–H groups in total. The number of fused-ring (bicyclic) bond motifs is 1. The molecule has 0 spiro atoms. The van der Waals surface area contributed by atoms with Crippen molar-refractivity contribution in [2.45, 2.75) is 31.2 Å². The minimum absolute atomic E-state index is 0.180. The number of carbonyl (C=O) groups excluding carboxylic acids is 1. The summed E-state index contributed by atoms with van der Waals surface area (Å²) in [7, 11) is 0. The molecule has 0 aliphatic heterocycles. The number of carbonyl (C=O) groups is 1. The molecule has 5 nitrogen and oxygen atoms in total. The molecule has 0 saturated carbocycles. The molecule has 2 aromatic heterocycles. The number of hydrogen-bond donors (Lipinski definition) is 1. The summed E-state index contributed by atoms with van der Waals surface area (Å²) < 4.78 is 11.2. The van der Waals surface area contributed by atoms with Gasteiger partial charge in [-0.15, -0.1) is 0 Å². The number of rotatable bonds is 6. The Kier molecular flexibility index (Phi) is 4.71. The van der Waals surface area contributed by atoms with Crippen molar-refractivity contribution >= 4 is 28.8 Å². The summed E-state index contributed by atoms with van der Waals surface area (Å²) in [5.41, 5.74) is 2.78. The molecule has 120 valence electrons. The third kappa shape index (κ3) is 3.76. The topological polar surface area (TPSA) is 68.3 Å². The van der Waals surface area contributed by atoms with E-state index in [-0.39, 0.29) is 5.91 Å². The van der Waals surface area contributed by atoms with Crippen molar-refractivity contribution < 1.29 is 13.6 Å². The van der Waals surface area contributed by atoms with E-state index in [9.17, 15) is 4.79 Å². The maximum Gasteiger partial charge on any atom is 0.286 e. The molecular weight excluding hydrogens is 312 g/mol. The molecule has 0 saturated heterocycles. The third-order valence-corrected chi connectivity index (χ3v) is 4.13. The van der Waals surface area contributed by atoms with E-state index in [2.05, 4.69) is 10.3 Å². The van der Waals surface area contributed by atoms with Crippen LogP contribution in [0.5, 0.6) is 0 Å². The molecule has 1 amide bonds. The molecule has 0 aliphatic carbocycles. The van der Waals surface area contributed by atoms with E-state index in [4.69, 9.17) is 8.83 Å². The number of hydrogen-bond acceptors (Lipinski definition) is 5. The molecule has 6 heteroatoms. The number of aromatic nitrogens is 1. The number of aryl methyl sites for hydroxylation is 1. The molecule has 0 unspecified atom stereocenters. The van der Waals surface area contributed by atoms with Crippen LogP contribution in [0, 0.1) is 6.92 Å². The standard InChI is InChI=1S/C17H18N2O3S/c1-3-8-18-16(20)15-7-5-12(21-15)10-23-17-19-13-9-11(2)4-6-14(13)22-17/h4-7,9H,3,8,10H2,1-2H3,(H,18,20). The van der Waals surface area contributed by atoms with Gasteiger partial charge in [0.2, 0.25) is 0 Å². The first kappa shape index (κ1) is 15.7. The first-order valence-corrected chi connectivity index (χ1v) is 8.51. The Labute approximate surface area is 138 Å². The Morgan fingerprint density at radius 1 is 1.26 bits per heavy atom. The van der Waals surface area contributed by atoms with Gasteiger partial charge < -0.3 is 14.2 Å². The molecule has 23 heavy (non-hydrogen) atoms. The SMILES string of the molecule is CCCNC(=O)c1ccc(CSc2nc3cc(C)ccc3o2)o1. The number of furan rings is 1. The second-order valence-electron chi connectivity index (χ2n) is 5.26. The minimum Gasteiger partial charge on any atom is -0.455 e. The van der Waals surface area contributed by atoms with Gasteiger partial charge in [0.15, 0.2) is 11.3 Å². The van der Waals surface area contributed by atoms with Crippen molar-refractivity contribution in [2.75, 3.05) is 6.54 Å². The van der Waals surface area contributed by atoms with E-state index >= 15 is 0 Å². The lowest BCUT2D eigenvalue weighted by molar-refractivity contribution is 0.0924. The number of benzene rings is 1. The Morgan fingerprint density at radius 2 is 2.13 bits per heavy atom. The van der Waals surface area contributed by atoms with Crippen molar-refractivity contribution in [1.82, 2.24) is 10.3 Å². The first-order valence-electron chi connectivity index (χ1n) is 7.52. The van der Waals surface area contributed by atoms with Crippen LogP contribution < -0.4 is 5.32 Å². The fourth-order valence-corrected chi connectivity index (χ4v) is 2.85. The monoisotopic (exact) mass is 330 g/mol. The molecule has 1 aromatic carbocycles. The lowest BCUT2D eigenvalue weighted by atomic mass is 10.2. The second kappa shape index (κ2) is 6.91. The normalized spacial score (nSPS) is 11.0. The zero-order chi connectivity index (χ0) is 16.2. The lowest BCUT2D eigenvalue weighted by Gasteiger charge is -1.99. The van der Waals surface area contributed by atoms with Crippen molar-refractivity contribution in [1.29, 1.82) is 0 Å². The Bertz CT molecular complexity index is 822. The van der Waals surface area contributed by atoms with Crippen molar-refractivity contribution in [2.24, 2.45) is 0 Å². The predicted octanol–water partition coefficient (Wildman–Crippen LogP) is 4.16. The van der Waals surface area contributed by atoms with Crippen LogP contribution in [0.15, 0.2) is 44.4 Å². The van der Waals surface area contributed by atoms with Crippen LogP contribution in [0.2, 0.25) is 0 Å². The Morgan fingerprint density at radius 3 is 2.96 bits per heavy atom. The van der Waals surface area contributed by atoms with Gasteiger partial charge >= 0.3 is 0 Å². The average Bonchev–Trinajstić information content (AvgIpc) is 3.16. The molecule has 0 aliphatic rings. The highest BCUT2D eigenvalue weighted by atomic mass is 32.2. The van der Waals surface area contributed by atoms with Crippen LogP contribution in [0.1, 0.15) is 35.2 Å². The van der Waals surface area contributed by atoms with Gasteiger partial charge in [0.25, 0.3) is 11.1 Å². The molecular formula is C17H18N2O3S. The summed E-state index contributed by atoms with van der Waals surface area (Å²) in [6, 6.07) is 9.41. The van der Waals surface area contributed by atoms with Crippen molar-refractivity contribution in [3.8, 4) is 0 Å². The van der Waals surface area contributed by atoms with Gasteiger partial charge in [0, 0.05) is 6.54 Å². The molecule has 0 fully saturated rings. The number of thioether (sulfide) groups is 1. The highest BCUT2D eigenvalue weighted by molar-refractivity contribution is 7.98. The van der Waals surface area contributed by atoms with Gasteiger partial charge in [0.05, 0.1) is 5.75 Å². The number of nitrogens with one attached hydrogen (secondary N) is 1. The van der Waals surface area contributed by atoms with Crippen molar-refractivity contribution in [3.05, 3.63) is 47.4 Å². The highest BCUT2D eigenvalue weighted by Crippen LogP contribution is 2.27. The summed E-state index contributed by atoms with van der Waals surface area (Å²) in [5.74, 6) is 1.44. The van der Waals surface area contributed by atoms with Crippen LogP contribution in [0.3, 0.4) is 0 Å². The average molecular weight is 330 g/mol. The van der Waals surface area contributed by atoms with Gasteiger partial charge in [-0.3, -0.25) is 4.79 Å². The third-order valence-electron chi connectivity index (χ3n) is 3.28. The van der Waals surface area contributed by atoms with Crippen molar-refractivity contribution in [3.63, 3.8) is 0 Å². The number of amides is 1. The van der Waals surface area contributed by atoms with Gasteiger partial charge in [-0.05, 0) is 43.2 Å². The predicted molar refractivity (Wildman–Crippen MR) is 89.6 cm³/mol. The Hall–Kier alpha value is -2.21. The summed E-state index contributed by atoms with van der Waals surface area (Å²) >= 11 is 1.44. The first-order chi connectivity index (χ1) is 11.2.